The van der Waals surface area contributed by atoms with Crippen molar-refractivity contribution in [3.8, 4) is 0 Å². The van der Waals surface area contributed by atoms with Crippen LogP contribution in [0, 0.1) is 6.92 Å². The van der Waals surface area contributed by atoms with E-state index in [1.165, 1.54) is 12.1 Å². The van der Waals surface area contributed by atoms with Crippen LogP contribution in [0.15, 0.2) is 41.1 Å². The number of aryl methyl sites for hydroxylation is 1. The summed E-state index contributed by atoms with van der Waals surface area (Å²) in [7, 11) is -4.06. The lowest BCUT2D eigenvalue weighted by atomic mass is 10.2. The number of urea groups is 1. The van der Waals surface area contributed by atoms with Crippen LogP contribution in [0.4, 0.5) is 18.0 Å². The molecular weight excluding hydrogens is 309 g/mol. The van der Waals surface area contributed by atoms with E-state index in [0.29, 0.717) is 0 Å². The molecule has 0 saturated heterocycles. The summed E-state index contributed by atoms with van der Waals surface area (Å²) in [6, 6.07) is 4.60. The fraction of sp³-hybridized carbons (Fsp3) is 0.250. The quantitative estimate of drug-likeness (QED) is 0.874. The van der Waals surface area contributed by atoms with E-state index in [-0.39, 0.29) is 4.90 Å². The molecule has 21 heavy (non-hydrogen) atoms. The van der Waals surface area contributed by atoms with Gasteiger partial charge in [-0.15, -0.1) is 0 Å². The first-order valence-corrected chi connectivity index (χ1v) is 7.27. The minimum absolute atomic E-state index is 0.121. The molecule has 0 spiro atoms. The van der Waals surface area contributed by atoms with Crippen molar-refractivity contribution in [3.05, 3.63) is 41.7 Å². The Bertz CT molecular complexity index is 638. The minimum Gasteiger partial charge on any atom is -0.337 e. The Morgan fingerprint density at radius 2 is 1.71 bits per heavy atom. The molecule has 0 saturated carbocycles. The number of hydrogen-bond acceptors (Lipinski definition) is 3. The molecule has 2 amide bonds. The van der Waals surface area contributed by atoms with Crippen molar-refractivity contribution >= 4 is 16.1 Å². The third-order valence-corrected chi connectivity index (χ3v) is 3.74. The molecule has 116 valence electrons. The Morgan fingerprint density at radius 1 is 1.14 bits per heavy atom. The van der Waals surface area contributed by atoms with Crippen LogP contribution in [0.5, 0.6) is 0 Å². The van der Waals surface area contributed by atoms with E-state index in [4.69, 9.17) is 0 Å². The molecule has 0 unspecified atom stereocenters. The monoisotopic (exact) mass is 322 g/mol. The molecule has 2 N–H and O–H groups in total. The highest BCUT2D eigenvalue weighted by atomic mass is 32.2. The predicted octanol–water partition coefficient (Wildman–Crippen LogP) is 2.45. The summed E-state index contributed by atoms with van der Waals surface area (Å²) in [5.74, 6) is -1.66. The second-order valence-electron chi connectivity index (χ2n) is 4.09. The van der Waals surface area contributed by atoms with Crippen LogP contribution in [-0.2, 0) is 10.0 Å². The number of carbonyl (C=O) groups excluding carboxylic acids is 1. The summed E-state index contributed by atoms with van der Waals surface area (Å²) >= 11 is 0. The van der Waals surface area contributed by atoms with E-state index in [1.54, 1.807) is 23.8 Å². The minimum atomic E-state index is -4.06. The van der Waals surface area contributed by atoms with Crippen LogP contribution in [0.2, 0.25) is 0 Å². The molecule has 0 aliphatic carbocycles. The molecule has 1 rings (SSSR count). The van der Waals surface area contributed by atoms with Crippen LogP contribution >= 0.6 is 0 Å². The van der Waals surface area contributed by atoms with Gasteiger partial charge >= 0.3 is 12.1 Å². The van der Waals surface area contributed by atoms with Crippen molar-refractivity contribution in [1.82, 2.24) is 10.0 Å². The maximum atomic E-state index is 12.5. The third-order valence-electron chi connectivity index (χ3n) is 2.39. The first kappa shape index (κ1) is 17.0. The van der Waals surface area contributed by atoms with Gasteiger partial charge in [0.05, 0.1) is 4.90 Å². The van der Waals surface area contributed by atoms with Crippen LogP contribution in [-0.4, -0.2) is 21.0 Å². The molecule has 0 aromatic heterocycles. The summed E-state index contributed by atoms with van der Waals surface area (Å²) in [5, 5.41) is 1.97. The van der Waals surface area contributed by atoms with Gasteiger partial charge in [-0.25, -0.2) is 22.3 Å². The highest BCUT2D eigenvalue weighted by Gasteiger charge is 2.17. The number of rotatable bonds is 5. The summed E-state index contributed by atoms with van der Waals surface area (Å²) in [6.07, 6.45) is -3.19. The van der Waals surface area contributed by atoms with Gasteiger partial charge in [-0.3, -0.25) is 0 Å². The average molecular weight is 322 g/mol. The van der Waals surface area contributed by atoms with Crippen LogP contribution in [0.25, 0.3) is 0 Å². The van der Waals surface area contributed by atoms with Crippen molar-refractivity contribution in [2.24, 2.45) is 0 Å². The van der Waals surface area contributed by atoms with Crippen molar-refractivity contribution in [2.45, 2.75) is 18.2 Å². The Labute approximate surface area is 119 Å². The largest absolute Gasteiger partial charge is 0.337 e. The van der Waals surface area contributed by atoms with Gasteiger partial charge in [-0.1, -0.05) is 17.7 Å². The smallest absolute Gasteiger partial charge is 0.328 e. The van der Waals surface area contributed by atoms with Crippen LogP contribution < -0.4 is 10.0 Å². The van der Waals surface area contributed by atoms with Crippen LogP contribution in [0.3, 0.4) is 0 Å². The Hall–Kier alpha value is -2.03. The van der Waals surface area contributed by atoms with E-state index in [9.17, 15) is 26.4 Å². The van der Waals surface area contributed by atoms with Gasteiger partial charge in [0.25, 0.3) is 10.0 Å². The zero-order chi connectivity index (χ0) is 16.0. The standard InChI is InChI=1S/C12H13F3N2O3S/c1-8-2-4-9(5-3-8)21(19,20)17-12(18)16-7-6-10(13)11(14)15/h2-5H,6-7H2,1H3,(H2,16,17,18). The van der Waals surface area contributed by atoms with Gasteiger partial charge in [-0.05, 0) is 19.1 Å². The molecule has 0 fully saturated rings. The second-order valence-corrected chi connectivity index (χ2v) is 5.77. The van der Waals surface area contributed by atoms with E-state index in [0.717, 1.165) is 5.56 Å². The fourth-order valence-corrected chi connectivity index (χ4v) is 2.24. The topological polar surface area (TPSA) is 75.3 Å². The normalized spacial score (nSPS) is 10.9. The summed E-state index contributed by atoms with van der Waals surface area (Å²) in [5.41, 5.74) is 0.842. The molecule has 0 bridgehead atoms. The molecule has 9 heteroatoms. The van der Waals surface area contributed by atoms with Gasteiger partial charge in [0.2, 0.25) is 0 Å². The fourth-order valence-electron chi connectivity index (χ4n) is 1.31. The molecule has 0 aliphatic rings. The Morgan fingerprint density at radius 3 is 2.24 bits per heavy atom. The van der Waals surface area contributed by atoms with Gasteiger partial charge in [0.15, 0.2) is 5.83 Å². The molecule has 0 heterocycles. The number of hydrogen-bond donors (Lipinski definition) is 2. The first-order valence-electron chi connectivity index (χ1n) is 5.79. The average Bonchev–Trinajstić information content (AvgIpc) is 2.38. The third kappa shape index (κ3) is 5.46. The first-order chi connectivity index (χ1) is 9.72. The van der Waals surface area contributed by atoms with Gasteiger partial charge in [-0.2, -0.15) is 8.78 Å². The van der Waals surface area contributed by atoms with Crippen LogP contribution in [0.1, 0.15) is 12.0 Å². The van der Waals surface area contributed by atoms with Crippen molar-refractivity contribution in [2.75, 3.05) is 6.54 Å². The van der Waals surface area contributed by atoms with Crippen molar-refractivity contribution in [1.29, 1.82) is 0 Å². The Kier molecular flexibility index (Phi) is 5.77. The number of amides is 2. The van der Waals surface area contributed by atoms with Gasteiger partial charge < -0.3 is 5.32 Å². The van der Waals surface area contributed by atoms with E-state index in [1.807, 2.05) is 5.32 Å². The number of sulfonamides is 1. The second kappa shape index (κ2) is 7.11. The lowest BCUT2D eigenvalue weighted by Crippen LogP contribution is -2.39. The lowest BCUT2D eigenvalue weighted by Gasteiger charge is -2.08. The maximum absolute atomic E-state index is 12.5. The number of benzene rings is 1. The molecule has 0 radical (unpaired) electrons. The highest BCUT2D eigenvalue weighted by Crippen LogP contribution is 2.12. The maximum Gasteiger partial charge on any atom is 0.328 e. The molecular formula is C12H13F3N2O3S. The molecule has 0 atom stereocenters. The predicted molar refractivity (Wildman–Crippen MR) is 69.9 cm³/mol. The van der Waals surface area contributed by atoms with Gasteiger partial charge in [0, 0.05) is 13.0 Å². The number of carbonyl (C=O) groups is 1. The molecule has 1 aromatic carbocycles. The SMILES string of the molecule is Cc1ccc(S(=O)(=O)NC(=O)NCCC(F)=C(F)F)cc1. The van der Waals surface area contributed by atoms with E-state index >= 15 is 0 Å². The van der Waals surface area contributed by atoms with Crippen molar-refractivity contribution in [3.63, 3.8) is 0 Å². The summed E-state index contributed by atoms with van der Waals surface area (Å²) < 4.78 is 61.2. The Balaban J connectivity index is 2.58. The van der Waals surface area contributed by atoms with Crippen molar-refractivity contribution < 1.29 is 26.4 Å². The molecule has 0 aliphatic heterocycles. The zero-order valence-electron chi connectivity index (χ0n) is 11.0. The summed E-state index contributed by atoms with van der Waals surface area (Å²) in [4.78, 5) is 11.2. The highest BCUT2D eigenvalue weighted by molar-refractivity contribution is 7.90. The molecule has 5 nitrogen and oxygen atoms in total. The van der Waals surface area contributed by atoms with E-state index < -0.39 is 40.9 Å². The zero-order valence-corrected chi connectivity index (χ0v) is 11.8. The lowest BCUT2D eigenvalue weighted by molar-refractivity contribution is 0.245. The molecule has 1 aromatic rings. The number of nitrogens with one attached hydrogen (secondary N) is 2. The van der Waals surface area contributed by atoms with Gasteiger partial charge in [0.1, 0.15) is 0 Å². The number of halogens is 3. The summed E-state index contributed by atoms with van der Waals surface area (Å²) in [6.45, 7) is 1.31. The van der Waals surface area contributed by atoms with E-state index in [2.05, 4.69) is 0 Å².